The van der Waals surface area contributed by atoms with Crippen LogP contribution in [0.25, 0.3) is 77.2 Å². The summed E-state index contributed by atoms with van der Waals surface area (Å²) in [5, 5.41) is 14.5. The third-order valence-electron chi connectivity index (χ3n) is 9.40. The van der Waals surface area contributed by atoms with Crippen LogP contribution in [0.15, 0.2) is 152 Å². The van der Waals surface area contributed by atoms with Crippen molar-refractivity contribution in [1.82, 2.24) is 14.1 Å². The van der Waals surface area contributed by atoms with Gasteiger partial charge in [-0.05, 0) is 78.2 Å². The molecule has 0 aliphatic heterocycles. The molecule has 0 radical (unpaired) electrons. The summed E-state index contributed by atoms with van der Waals surface area (Å²) >= 11 is 0. The van der Waals surface area contributed by atoms with Crippen molar-refractivity contribution in [3.63, 3.8) is 0 Å². The number of nitriles is 1. The number of pyridine rings is 1. The van der Waals surface area contributed by atoms with Gasteiger partial charge in [-0.2, -0.15) is 5.26 Å². The average Bonchev–Trinajstić information content (AvgIpc) is 3.64. The van der Waals surface area contributed by atoms with Crippen LogP contribution in [0.5, 0.6) is 0 Å². The molecule has 0 atom stereocenters. The molecular formula is C43H28N4. The van der Waals surface area contributed by atoms with Crippen molar-refractivity contribution in [2.24, 2.45) is 0 Å². The quantitative estimate of drug-likeness (QED) is 0.202. The van der Waals surface area contributed by atoms with E-state index in [4.69, 9.17) is 0 Å². The monoisotopic (exact) mass is 600 g/mol. The molecule has 0 amide bonds. The van der Waals surface area contributed by atoms with Gasteiger partial charge in [0.25, 0.3) is 0 Å². The van der Waals surface area contributed by atoms with Crippen LogP contribution in [0.4, 0.5) is 0 Å². The van der Waals surface area contributed by atoms with Gasteiger partial charge in [0.05, 0.1) is 45.1 Å². The fourth-order valence-corrected chi connectivity index (χ4v) is 7.40. The molecule has 47 heavy (non-hydrogen) atoms. The molecule has 0 saturated heterocycles. The second-order valence-corrected chi connectivity index (χ2v) is 12.0. The van der Waals surface area contributed by atoms with E-state index in [9.17, 15) is 5.26 Å². The van der Waals surface area contributed by atoms with Gasteiger partial charge in [0.15, 0.2) is 0 Å². The van der Waals surface area contributed by atoms with Crippen molar-refractivity contribution in [2.75, 3.05) is 0 Å². The first-order valence-corrected chi connectivity index (χ1v) is 15.8. The number of nitrogens with zero attached hydrogens (tertiary/aromatic N) is 4. The summed E-state index contributed by atoms with van der Waals surface area (Å²) in [6.07, 6.45) is 3.75. The van der Waals surface area contributed by atoms with Crippen LogP contribution in [-0.2, 0) is 0 Å². The van der Waals surface area contributed by atoms with E-state index in [-0.39, 0.29) is 0 Å². The lowest BCUT2D eigenvalue weighted by Gasteiger charge is -2.24. The second-order valence-electron chi connectivity index (χ2n) is 12.0. The fourth-order valence-electron chi connectivity index (χ4n) is 7.40. The van der Waals surface area contributed by atoms with Crippen molar-refractivity contribution >= 4 is 43.6 Å². The molecule has 6 aromatic carbocycles. The third-order valence-corrected chi connectivity index (χ3v) is 9.40. The van der Waals surface area contributed by atoms with E-state index in [0.717, 1.165) is 61.3 Å². The Morgan fingerprint density at radius 1 is 0.532 bits per heavy atom. The van der Waals surface area contributed by atoms with Crippen molar-refractivity contribution in [3.05, 3.63) is 163 Å². The number of rotatable bonds is 4. The number of para-hydroxylation sites is 4. The van der Waals surface area contributed by atoms with Gasteiger partial charge in [-0.25, -0.2) is 0 Å². The summed E-state index contributed by atoms with van der Waals surface area (Å²) in [7, 11) is 0. The Morgan fingerprint density at radius 3 is 1.53 bits per heavy atom. The number of aryl methyl sites for hydroxylation is 1. The minimum Gasteiger partial charge on any atom is -0.309 e. The van der Waals surface area contributed by atoms with Crippen LogP contribution in [0.2, 0.25) is 0 Å². The number of hydrogen-bond acceptors (Lipinski definition) is 2. The van der Waals surface area contributed by atoms with E-state index in [1.807, 2.05) is 24.5 Å². The Labute approximate surface area is 272 Å². The van der Waals surface area contributed by atoms with Crippen molar-refractivity contribution in [2.45, 2.75) is 6.92 Å². The fraction of sp³-hybridized carbons (Fsp3) is 0.0233. The summed E-state index contributed by atoms with van der Waals surface area (Å²) in [6.45, 7) is 2.10. The van der Waals surface area contributed by atoms with Crippen LogP contribution in [-0.4, -0.2) is 14.1 Å². The number of hydrogen-bond donors (Lipinski definition) is 0. The van der Waals surface area contributed by atoms with Crippen molar-refractivity contribution in [1.29, 1.82) is 5.26 Å². The van der Waals surface area contributed by atoms with Gasteiger partial charge < -0.3 is 9.13 Å². The highest BCUT2D eigenvalue weighted by atomic mass is 15.0. The molecule has 0 bridgehead atoms. The lowest BCUT2D eigenvalue weighted by molar-refractivity contribution is 1.14. The Morgan fingerprint density at radius 2 is 1.02 bits per heavy atom. The first-order chi connectivity index (χ1) is 23.2. The highest BCUT2D eigenvalue weighted by molar-refractivity contribution is 6.12. The van der Waals surface area contributed by atoms with Gasteiger partial charge in [-0.1, -0.05) is 84.9 Å². The molecule has 0 unspecified atom stereocenters. The summed E-state index contributed by atoms with van der Waals surface area (Å²) in [4.78, 5) is 4.43. The van der Waals surface area contributed by atoms with Crippen LogP contribution in [0, 0.1) is 18.3 Å². The van der Waals surface area contributed by atoms with Gasteiger partial charge >= 0.3 is 0 Å². The molecule has 4 nitrogen and oxygen atoms in total. The van der Waals surface area contributed by atoms with Crippen molar-refractivity contribution < 1.29 is 0 Å². The first-order valence-electron chi connectivity index (χ1n) is 15.8. The standard InChI is InChI=1S/C43H28N4/c1-28-26-29(27-44)18-19-31(28)36-20-21-41(46-37-14-6-2-10-32(37)33-11-3-7-15-38(33)46)42(30-22-24-45-25-23-30)43(36)47-39-16-8-4-12-34(39)35-13-5-9-17-40(35)47/h2-26H,1H3. The molecule has 0 aliphatic rings. The molecule has 0 N–H and O–H groups in total. The van der Waals surface area contributed by atoms with Crippen LogP contribution < -0.4 is 0 Å². The molecule has 0 aliphatic carbocycles. The van der Waals surface area contributed by atoms with Gasteiger partial charge in [0, 0.05) is 45.1 Å². The van der Waals surface area contributed by atoms with Crippen LogP contribution in [0.3, 0.4) is 0 Å². The molecular weight excluding hydrogens is 573 g/mol. The van der Waals surface area contributed by atoms with E-state index in [2.05, 4.69) is 155 Å². The third kappa shape index (κ3) is 4.04. The van der Waals surface area contributed by atoms with Gasteiger partial charge in [-0.15, -0.1) is 0 Å². The number of aromatic nitrogens is 3. The Hall–Kier alpha value is -6.44. The average molecular weight is 601 g/mol. The Bertz CT molecular complexity index is 2600. The molecule has 0 spiro atoms. The normalized spacial score (nSPS) is 11.5. The van der Waals surface area contributed by atoms with E-state index in [1.54, 1.807) is 0 Å². The molecule has 0 saturated carbocycles. The van der Waals surface area contributed by atoms with Crippen LogP contribution in [0.1, 0.15) is 11.1 Å². The van der Waals surface area contributed by atoms with Gasteiger partial charge in [0.2, 0.25) is 0 Å². The topological polar surface area (TPSA) is 46.5 Å². The maximum Gasteiger partial charge on any atom is 0.0991 e. The molecule has 9 rings (SSSR count). The molecule has 4 heteroatoms. The van der Waals surface area contributed by atoms with Gasteiger partial charge in [-0.3, -0.25) is 4.98 Å². The number of benzene rings is 6. The zero-order valence-electron chi connectivity index (χ0n) is 25.7. The van der Waals surface area contributed by atoms with E-state index in [1.165, 1.54) is 21.5 Å². The Balaban J connectivity index is 1.53. The molecule has 3 heterocycles. The van der Waals surface area contributed by atoms with Crippen LogP contribution >= 0.6 is 0 Å². The molecule has 9 aromatic rings. The summed E-state index contributed by atoms with van der Waals surface area (Å²) in [5.41, 5.74) is 12.8. The van der Waals surface area contributed by atoms with Gasteiger partial charge in [0.1, 0.15) is 0 Å². The molecule has 0 fully saturated rings. The first kappa shape index (κ1) is 26.9. The lowest BCUT2D eigenvalue weighted by atomic mass is 9.91. The Kier molecular flexibility index (Phi) is 6.06. The zero-order chi connectivity index (χ0) is 31.5. The maximum atomic E-state index is 9.71. The number of fused-ring (bicyclic) bond motifs is 6. The highest BCUT2D eigenvalue weighted by Gasteiger charge is 2.25. The SMILES string of the molecule is Cc1cc(C#N)ccc1-c1ccc(-n2c3ccccc3c3ccccc32)c(-c2ccncc2)c1-n1c2ccccc2c2ccccc21. The summed E-state index contributed by atoms with van der Waals surface area (Å²) in [6, 6.07) is 51.7. The largest absolute Gasteiger partial charge is 0.309 e. The minimum absolute atomic E-state index is 0.654. The minimum atomic E-state index is 0.654. The summed E-state index contributed by atoms with van der Waals surface area (Å²) in [5.74, 6) is 0. The van der Waals surface area contributed by atoms with E-state index >= 15 is 0 Å². The second kappa shape index (κ2) is 10.6. The maximum absolute atomic E-state index is 9.71. The predicted octanol–water partition coefficient (Wildman–Crippen LogP) is 10.8. The lowest BCUT2D eigenvalue weighted by Crippen LogP contribution is -2.06. The van der Waals surface area contributed by atoms with E-state index < -0.39 is 0 Å². The van der Waals surface area contributed by atoms with E-state index in [0.29, 0.717) is 5.56 Å². The molecule has 3 aromatic heterocycles. The smallest absolute Gasteiger partial charge is 0.0991 e. The predicted molar refractivity (Wildman–Crippen MR) is 193 cm³/mol. The van der Waals surface area contributed by atoms with Crippen molar-refractivity contribution in [3.8, 4) is 39.7 Å². The zero-order valence-corrected chi connectivity index (χ0v) is 25.7. The molecule has 220 valence electrons. The summed E-state index contributed by atoms with van der Waals surface area (Å²) < 4.78 is 4.85. The highest BCUT2D eigenvalue weighted by Crippen LogP contribution is 2.46.